The Morgan fingerprint density at radius 1 is 1.06 bits per heavy atom. The van der Waals surface area contributed by atoms with Crippen molar-refractivity contribution in [3.8, 4) is 0 Å². The minimum atomic E-state index is -1.78. The summed E-state index contributed by atoms with van der Waals surface area (Å²) in [5, 5.41) is 50.8. The van der Waals surface area contributed by atoms with Gasteiger partial charge in [-0.2, -0.15) is 0 Å². The number of esters is 1. The molecule has 1 aliphatic carbocycles. The summed E-state index contributed by atoms with van der Waals surface area (Å²) in [5.41, 5.74) is 2.44. The minimum Gasteiger partial charge on any atom is -0.459 e. The number of cyclic esters (lactones) is 1. The molecule has 13 heteroatoms. The highest BCUT2D eigenvalue weighted by atomic mass is 16.7. The van der Waals surface area contributed by atoms with E-state index in [1.807, 2.05) is 41.7 Å². The normalized spacial score (nSPS) is 48.7. The van der Waals surface area contributed by atoms with E-state index in [9.17, 15) is 25.2 Å². The molecule has 18 atom stereocenters. The molecule has 0 aromatic rings. The molecule has 0 bridgehead atoms. The lowest BCUT2D eigenvalue weighted by Gasteiger charge is -2.49. The Kier molecular flexibility index (Phi) is 16.4. The highest BCUT2D eigenvalue weighted by molar-refractivity contribution is 5.73. The molecule has 3 unspecified atom stereocenters. The Hall–Kier alpha value is -1.23. The molecule has 13 nitrogen and oxygen atoms in total. The van der Waals surface area contributed by atoms with Crippen LogP contribution in [0.2, 0.25) is 0 Å². The highest BCUT2D eigenvalue weighted by Gasteiger charge is 2.52. The van der Waals surface area contributed by atoms with Gasteiger partial charge in [-0.05, 0) is 86.1 Å². The van der Waals surface area contributed by atoms with E-state index in [1.165, 1.54) is 6.92 Å². The smallest absolute Gasteiger partial charge is 0.311 e. The number of aliphatic hydroxyl groups is 4. The number of nitrogens with two attached hydrogens (primary N) is 1. The summed E-state index contributed by atoms with van der Waals surface area (Å²) in [6, 6.07) is -0.878. The lowest BCUT2D eigenvalue weighted by molar-refractivity contribution is -0.281. The number of aliphatic hydroxyl groups excluding tert-OH is 2. The van der Waals surface area contributed by atoms with Crippen LogP contribution in [-0.2, 0) is 28.5 Å². The fourth-order valence-corrected chi connectivity index (χ4v) is 9.27. The van der Waals surface area contributed by atoms with E-state index >= 15 is 0 Å². The summed E-state index contributed by atoms with van der Waals surface area (Å²) in [6.07, 6.45) is -3.00. The van der Waals surface area contributed by atoms with Gasteiger partial charge < -0.3 is 55.2 Å². The lowest BCUT2D eigenvalue weighted by Crippen LogP contribution is -2.62. The van der Waals surface area contributed by atoms with Gasteiger partial charge in [-0.25, -0.2) is 0 Å². The van der Waals surface area contributed by atoms with E-state index in [4.69, 9.17) is 29.4 Å². The predicted molar refractivity (Wildman–Crippen MR) is 204 cm³/mol. The molecule has 7 N–H and O–H groups in total. The monoisotopic (exact) mass is 758 g/mol. The first kappa shape index (κ1) is 46.2. The fraction of sp³-hybridized carbons (Fsp3) is 0.925. The quantitative estimate of drug-likeness (QED) is 0.149. The number of ether oxygens (including phenoxy) is 5. The number of hydrogen-bond donors (Lipinski definition) is 6. The van der Waals surface area contributed by atoms with E-state index in [1.54, 1.807) is 34.0 Å². The zero-order valence-corrected chi connectivity index (χ0v) is 34.7. The van der Waals surface area contributed by atoms with Gasteiger partial charge in [0.2, 0.25) is 0 Å². The molecular formula is C40H75N3O10. The van der Waals surface area contributed by atoms with Crippen LogP contribution >= 0.6 is 0 Å². The van der Waals surface area contributed by atoms with E-state index in [0.717, 1.165) is 6.42 Å². The average molecular weight is 758 g/mol. The zero-order chi connectivity index (χ0) is 40.2. The second-order valence-electron chi connectivity index (χ2n) is 17.5. The van der Waals surface area contributed by atoms with E-state index in [0.29, 0.717) is 19.5 Å². The number of nitrogens with one attached hydrogen (secondary N) is 1. The van der Waals surface area contributed by atoms with Gasteiger partial charge >= 0.3 is 5.97 Å². The molecule has 0 amide bonds. The third-order valence-corrected chi connectivity index (χ3v) is 12.8. The van der Waals surface area contributed by atoms with Crippen LogP contribution in [-0.4, -0.2) is 142 Å². The Balaban J connectivity index is 2.21. The molecular weight excluding hydrogens is 682 g/mol. The van der Waals surface area contributed by atoms with Crippen LogP contribution in [0.4, 0.5) is 0 Å². The number of likely N-dealkylation sites (N-methyl/N-ethyl adjacent to an activating group) is 1. The molecule has 0 aromatic heterocycles. The molecule has 2 heterocycles. The van der Waals surface area contributed by atoms with Crippen molar-refractivity contribution in [2.24, 2.45) is 29.4 Å². The first-order chi connectivity index (χ1) is 24.6. The number of carbonyl (C=O) groups is 1. The van der Waals surface area contributed by atoms with Crippen molar-refractivity contribution in [1.82, 2.24) is 10.2 Å². The Morgan fingerprint density at radius 3 is 2.26 bits per heavy atom. The first-order valence-corrected chi connectivity index (χ1v) is 19.9. The fourth-order valence-electron chi connectivity index (χ4n) is 9.27. The zero-order valence-electron chi connectivity index (χ0n) is 34.7. The van der Waals surface area contributed by atoms with Crippen LogP contribution in [0.15, 0.2) is 12.7 Å². The van der Waals surface area contributed by atoms with Crippen molar-refractivity contribution in [1.29, 1.82) is 0 Å². The lowest BCUT2D eigenvalue weighted by atomic mass is 9.77. The molecule has 1 saturated carbocycles. The molecule has 0 aromatic carbocycles. The Bertz CT molecular complexity index is 1180. The summed E-state index contributed by atoms with van der Waals surface area (Å²) < 4.78 is 32.0. The topological polar surface area (TPSA) is 185 Å². The molecule has 53 heavy (non-hydrogen) atoms. The van der Waals surface area contributed by atoms with E-state index in [-0.39, 0.29) is 37.3 Å². The largest absolute Gasteiger partial charge is 0.459 e. The van der Waals surface area contributed by atoms with Crippen LogP contribution in [0.1, 0.15) is 101 Å². The molecule has 2 aliphatic heterocycles. The number of carbonyl (C=O) groups excluding carboxylic acids is 1. The van der Waals surface area contributed by atoms with Gasteiger partial charge in [-0.1, -0.05) is 33.8 Å². The first-order valence-electron chi connectivity index (χ1n) is 19.9. The van der Waals surface area contributed by atoms with Crippen molar-refractivity contribution < 1.29 is 48.9 Å². The molecule has 3 fully saturated rings. The van der Waals surface area contributed by atoms with Gasteiger partial charge in [0.1, 0.15) is 11.7 Å². The van der Waals surface area contributed by atoms with E-state index in [2.05, 4.69) is 23.7 Å². The molecule has 2 saturated heterocycles. The Labute approximate surface area is 319 Å². The third kappa shape index (κ3) is 10.6. The van der Waals surface area contributed by atoms with Crippen LogP contribution in [0.5, 0.6) is 0 Å². The van der Waals surface area contributed by atoms with Crippen molar-refractivity contribution in [2.45, 2.75) is 185 Å². The van der Waals surface area contributed by atoms with Gasteiger partial charge in [-0.15, -0.1) is 6.58 Å². The van der Waals surface area contributed by atoms with Gasteiger partial charge in [0, 0.05) is 44.6 Å². The van der Waals surface area contributed by atoms with Crippen molar-refractivity contribution in [3.63, 3.8) is 0 Å². The SMILES string of the molecule is C=CCN1C[C@H](C)[C@@H](O)[C@](C)(O)[C@@H](CC)OC(=O)[C@H](C)[C@@H](O[C@H]2C[C@@](C)(OC)C(N)[C@H](C)O2)[C@H](C)[C@@H](OC2C[C@H](C)C[C@H](NC)[C@H]2O)C(C)(O)C[C@H]1C. The number of hydrogen-bond acceptors (Lipinski definition) is 13. The number of nitrogens with zero attached hydrogens (tertiary/aromatic N) is 1. The highest BCUT2D eigenvalue weighted by Crippen LogP contribution is 2.40. The second-order valence-corrected chi connectivity index (χ2v) is 17.5. The maximum absolute atomic E-state index is 14.3. The molecule has 310 valence electrons. The van der Waals surface area contributed by atoms with Crippen molar-refractivity contribution in [3.05, 3.63) is 12.7 Å². The van der Waals surface area contributed by atoms with Gasteiger partial charge in [0.25, 0.3) is 0 Å². The molecule has 0 spiro atoms. The standard InChI is InChI=1S/C40H75N3O10/c1-14-16-43-21-23(4)35(45)40(11,48)30(15-2)52-37(46)26(7)33(53-31-20-39(10,49-13)34(41)27(8)50-31)25(6)36(38(9,47)19-24(43)5)51-29-18-22(3)17-28(42-12)32(29)44/h14,22-36,42,44-45,47-48H,1,15-21,41H2,2-13H3/t22-,23+,24-,25+,26-,27+,28+,29?,30-,31+,32-,33+,34?,35-,36-,38?,39-,40-/m1/s1. The van der Waals surface area contributed by atoms with E-state index < -0.39 is 95.6 Å². The summed E-state index contributed by atoms with van der Waals surface area (Å²) in [6.45, 7) is 23.2. The maximum Gasteiger partial charge on any atom is 0.311 e. The summed E-state index contributed by atoms with van der Waals surface area (Å²) in [5.74, 6) is -2.45. The number of rotatable bonds is 9. The van der Waals surface area contributed by atoms with Crippen LogP contribution in [0.25, 0.3) is 0 Å². The maximum atomic E-state index is 14.3. The minimum absolute atomic E-state index is 0.200. The van der Waals surface area contributed by atoms with Crippen LogP contribution in [0.3, 0.4) is 0 Å². The van der Waals surface area contributed by atoms with Crippen LogP contribution in [0, 0.1) is 23.7 Å². The average Bonchev–Trinajstić information content (AvgIpc) is 3.09. The van der Waals surface area contributed by atoms with Crippen LogP contribution < -0.4 is 11.1 Å². The second kappa shape index (κ2) is 18.8. The van der Waals surface area contributed by atoms with Crippen molar-refractivity contribution >= 4 is 5.97 Å². The molecule has 3 rings (SSSR count). The number of methoxy groups -OCH3 is 1. The predicted octanol–water partition coefficient (Wildman–Crippen LogP) is 2.74. The summed E-state index contributed by atoms with van der Waals surface area (Å²) in [7, 11) is 3.42. The summed E-state index contributed by atoms with van der Waals surface area (Å²) >= 11 is 0. The van der Waals surface area contributed by atoms with Gasteiger partial charge in [0.05, 0.1) is 59.8 Å². The van der Waals surface area contributed by atoms with Crippen molar-refractivity contribution in [2.75, 3.05) is 27.2 Å². The molecule has 3 aliphatic rings. The third-order valence-electron chi connectivity index (χ3n) is 12.8. The Morgan fingerprint density at radius 2 is 1.70 bits per heavy atom. The van der Waals surface area contributed by atoms with Gasteiger partial charge in [-0.3, -0.25) is 9.69 Å². The summed E-state index contributed by atoms with van der Waals surface area (Å²) in [4.78, 5) is 16.4. The van der Waals surface area contributed by atoms with Gasteiger partial charge in [0.15, 0.2) is 6.29 Å². The molecule has 0 radical (unpaired) electrons.